The Kier molecular flexibility index (Phi) is 7.40. The standard InChI is InChI=1S/C22H20ClNO5S2/c23-17-11-12-19(16-7-3-1-4-8-16)20(13-17)31(28,29)15-22(26,21(25)24-27)14-30-18-9-5-2-6-10-18/h1-13,26-27H,14-15H2,(H,24,25). The number of halogens is 1. The lowest BCUT2D eigenvalue weighted by Crippen LogP contribution is -2.52. The molecule has 1 atom stereocenters. The summed E-state index contributed by atoms with van der Waals surface area (Å²) in [6, 6.07) is 22.2. The molecule has 3 N–H and O–H groups in total. The summed E-state index contributed by atoms with van der Waals surface area (Å²) < 4.78 is 26.7. The van der Waals surface area contributed by atoms with Crippen molar-refractivity contribution in [3.8, 4) is 11.1 Å². The quantitative estimate of drug-likeness (QED) is 0.259. The van der Waals surface area contributed by atoms with Gasteiger partial charge in [0.15, 0.2) is 15.4 Å². The molecule has 3 rings (SSSR count). The van der Waals surface area contributed by atoms with E-state index in [0.717, 1.165) is 16.7 Å². The van der Waals surface area contributed by atoms with Gasteiger partial charge < -0.3 is 5.11 Å². The fourth-order valence-corrected chi connectivity index (χ4v) is 6.20. The minimum atomic E-state index is -4.20. The zero-order valence-electron chi connectivity index (χ0n) is 16.2. The Morgan fingerprint density at radius 1 is 1.00 bits per heavy atom. The summed E-state index contributed by atoms with van der Waals surface area (Å²) in [7, 11) is -4.20. The number of carbonyl (C=O) groups excluding carboxylic acids is 1. The van der Waals surface area contributed by atoms with Crippen LogP contribution in [0.3, 0.4) is 0 Å². The maximum atomic E-state index is 13.3. The Morgan fingerprint density at radius 2 is 1.61 bits per heavy atom. The van der Waals surface area contributed by atoms with E-state index in [0.29, 0.717) is 11.1 Å². The van der Waals surface area contributed by atoms with Gasteiger partial charge in [0.05, 0.1) is 10.6 Å². The topological polar surface area (TPSA) is 104 Å². The summed E-state index contributed by atoms with van der Waals surface area (Å²) in [5.41, 5.74) is 0.0370. The summed E-state index contributed by atoms with van der Waals surface area (Å²) >= 11 is 7.16. The third kappa shape index (κ3) is 5.66. The second-order valence-corrected chi connectivity index (χ2v) is 10.3. The second-order valence-electron chi connectivity index (χ2n) is 6.84. The van der Waals surface area contributed by atoms with Gasteiger partial charge >= 0.3 is 0 Å². The Hall–Kier alpha value is -2.36. The average molecular weight is 478 g/mol. The molecule has 0 aliphatic carbocycles. The first-order valence-corrected chi connectivity index (χ1v) is 12.2. The maximum absolute atomic E-state index is 13.3. The molecule has 0 fully saturated rings. The molecule has 0 saturated heterocycles. The molecule has 3 aromatic carbocycles. The molecule has 9 heteroatoms. The monoisotopic (exact) mass is 477 g/mol. The number of carbonyl (C=O) groups is 1. The molecule has 0 aromatic heterocycles. The van der Waals surface area contributed by atoms with Crippen LogP contribution in [0.5, 0.6) is 0 Å². The summed E-state index contributed by atoms with van der Waals surface area (Å²) in [5.74, 6) is -2.43. The first-order valence-electron chi connectivity index (χ1n) is 9.18. The van der Waals surface area contributed by atoms with E-state index in [2.05, 4.69) is 0 Å². The molecule has 162 valence electrons. The Labute approximate surface area is 189 Å². The van der Waals surface area contributed by atoms with Gasteiger partial charge in [0.2, 0.25) is 0 Å². The number of hydrogen-bond donors (Lipinski definition) is 3. The van der Waals surface area contributed by atoms with E-state index >= 15 is 0 Å². The highest BCUT2D eigenvalue weighted by Gasteiger charge is 2.42. The van der Waals surface area contributed by atoms with Crippen LogP contribution < -0.4 is 5.48 Å². The second kappa shape index (κ2) is 9.84. The van der Waals surface area contributed by atoms with Crippen LogP contribution in [0.1, 0.15) is 0 Å². The summed E-state index contributed by atoms with van der Waals surface area (Å²) in [5, 5.41) is 20.3. The van der Waals surface area contributed by atoms with E-state index in [1.165, 1.54) is 11.5 Å². The molecule has 3 aromatic rings. The van der Waals surface area contributed by atoms with Gasteiger partial charge in [-0.3, -0.25) is 10.0 Å². The van der Waals surface area contributed by atoms with Crippen molar-refractivity contribution in [2.75, 3.05) is 11.5 Å². The number of aliphatic hydroxyl groups is 1. The predicted molar refractivity (Wildman–Crippen MR) is 121 cm³/mol. The Balaban J connectivity index is 1.98. The normalized spacial score (nSPS) is 13.4. The number of nitrogens with one attached hydrogen (secondary N) is 1. The van der Waals surface area contributed by atoms with Crippen molar-refractivity contribution in [2.24, 2.45) is 0 Å². The fourth-order valence-electron chi connectivity index (χ4n) is 3.00. The van der Waals surface area contributed by atoms with Gasteiger partial charge in [-0.25, -0.2) is 13.9 Å². The maximum Gasteiger partial charge on any atom is 0.277 e. The summed E-state index contributed by atoms with van der Waals surface area (Å²) in [6.45, 7) is 0. The van der Waals surface area contributed by atoms with Crippen molar-refractivity contribution in [1.82, 2.24) is 5.48 Å². The van der Waals surface area contributed by atoms with Gasteiger partial charge in [-0.05, 0) is 29.8 Å². The van der Waals surface area contributed by atoms with Crippen molar-refractivity contribution < 1.29 is 23.5 Å². The molecule has 6 nitrogen and oxygen atoms in total. The number of hydroxylamine groups is 1. The molecule has 0 aliphatic rings. The number of amides is 1. The summed E-state index contributed by atoms with van der Waals surface area (Å²) in [6.07, 6.45) is 0. The SMILES string of the molecule is O=C(NO)C(O)(CSc1ccccc1)CS(=O)(=O)c1cc(Cl)ccc1-c1ccccc1. The van der Waals surface area contributed by atoms with Crippen LogP contribution in [0.15, 0.2) is 88.7 Å². The van der Waals surface area contributed by atoms with Crippen molar-refractivity contribution in [1.29, 1.82) is 0 Å². The van der Waals surface area contributed by atoms with E-state index in [-0.39, 0.29) is 15.7 Å². The van der Waals surface area contributed by atoms with E-state index in [1.807, 2.05) is 6.07 Å². The number of hydrogen-bond acceptors (Lipinski definition) is 6. The minimum absolute atomic E-state index is 0.111. The predicted octanol–water partition coefficient (Wildman–Crippen LogP) is 3.81. The van der Waals surface area contributed by atoms with E-state index in [1.54, 1.807) is 66.7 Å². The zero-order valence-corrected chi connectivity index (χ0v) is 18.6. The third-order valence-electron chi connectivity index (χ3n) is 4.54. The van der Waals surface area contributed by atoms with Gasteiger partial charge in [-0.15, -0.1) is 11.8 Å². The van der Waals surface area contributed by atoms with Crippen LogP contribution >= 0.6 is 23.4 Å². The molecular formula is C22H20ClNO5S2. The first kappa shape index (κ1) is 23.3. The molecule has 0 heterocycles. The van der Waals surface area contributed by atoms with Crippen LogP contribution in [-0.2, 0) is 14.6 Å². The van der Waals surface area contributed by atoms with Gasteiger partial charge in [0.25, 0.3) is 5.91 Å². The number of rotatable bonds is 8. The van der Waals surface area contributed by atoms with E-state index in [9.17, 15) is 18.3 Å². The van der Waals surface area contributed by atoms with Crippen molar-refractivity contribution in [3.63, 3.8) is 0 Å². The minimum Gasteiger partial charge on any atom is -0.378 e. The number of thioether (sulfide) groups is 1. The lowest BCUT2D eigenvalue weighted by atomic mass is 10.1. The molecule has 0 bridgehead atoms. The van der Waals surface area contributed by atoms with E-state index in [4.69, 9.17) is 16.8 Å². The smallest absolute Gasteiger partial charge is 0.277 e. The van der Waals surface area contributed by atoms with Gasteiger partial charge in [-0.2, -0.15) is 0 Å². The highest BCUT2D eigenvalue weighted by molar-refractivity contribution is 7.99. The van der Waals surface area contributed by atoms with Crippen molar-refractivity contribution in [2.45, 2.75) is 15.4 Å². The molecule has 1 amide bonds. The average Bonchev–Trinajstić information content (AvgIpc) is 2.78. The van der Waals surface area contributed by atoms with Crippen LogP contribution in [0.2, 0.25) is 5.02 Å². The number of benzene rings is 3. The molecule has 0 radical (unpaired) electrons. The Bertz CT molecular complexity index is 1160. The summed E-state index contributed by atoms with van der Waals surface area (Å²) in [4.78, 5) is 12.9. The van der Waals surface area contributed by atoms with Crippen LogP contribution in [0, 0.1) is 0 Å². The molecule has 0 spiro atoms. The highest BCUT2D eigenvalue weighted by Crippen LogP contribution is 2.33. The number of sulfone groups is 1. The molecule has 0 aliphatic heterocycles. The molecule has 1 unspecified atom stereocenters. The lowest BCUT2D eigenvalue weighted by Gasteiger charge is -2.25. The van der Waals surface area contributed by atoms with Gasteiger partial charge in [0, 0.05) is 21.2 Å². The van der Waals surface area contributed by atoms with Crippen LogP contribution in [0.4, 0.5) is 0 Å². The fraction of sp³-hybridized carbons (Fsp3) is 0.136. The molecular weight excluding hydrogens is 458 g/mol. The van der Waals surface area contributed by atoms with Crippen LogP contribution in [0.25, 0.3) is 11.1 Å². The molecule has 0 saturated carbocycles. The lowest BCUT2D eigenvalue weighted by molar-refractivity contribution is -0.144. The van der Waals surface area contributed by atoms with Gasteiger partial charge in [0.1, 0.15) is 0 Å². The third-order valence-corrected chi connectivity index (χ3v) is 7.87. The highest BCUT2D eigenvalue weighted by atomic mass is 35.5. The van der Waals surface area contributed by atoms with E-state index < -0.39 is 27.1 Å². The Morgan fingerprint density at radius 3 is 2.23 bits per heavy atom. The van der Waals surface area contributed by atoms with Crippen LogP contribution in [-0.4, -0.2) is 41.7 Å². The van der Waals surface area contributed by atoms with Gasteiger partial charge in [-0.1, -0.05) is 66.2 Å². The van der Waals surface area contributed by atoms with Crippen molar-refractivity contribution in [3.05, 3.63) is 83.9 Å². The largest absolute Gasteiger partial charge is 0.378 e. The van der Waals surface area contributed by atoms with Crippen molar-refractivity contribution >= 4 is 39.1 Å². The zero-order chi connectivity index (χ0) is 22.5. The molecule has 31 heavy (non-hydrogen) atoms. The first-order chi connectivity index (χ1) is 14.7.